The van der Waals surface area contributed by atoms with Crippen molar-refractivity contribution in [3.8, 4) is 12.3 Å². The van der Waals surface area contributed by atoms with E-state index in [0.29, 0.717) is 24.7 Å². The fourth-order valence-electron chi connectivity index (χ4n) is 1.69. The van der Waals surface area contributed by atoms with Crippen molar-refractivity contribution in [3.63, 3.8) is 0 Å². The van der Waals surface area contributed by atoms with E-state index in [1.165, 1.54) is 16.2 Å². The SMILES string of the molecule is C#CC1CC(=O)N(c2nc(C(=O)OCC)cs2)C1. The van der Waals surface area contributed by atoms with Crippen molar-refractivity contribution in [2.24, 2.45) is 5.92 Å². The Morgan fingerprint density at radius 3 is 3.17 bits per heavy atom. The maximum absolute atomic E-state index is 11.7. The maximum atomic E-state index is 11.7. The molecule has 5 nitrogen and oxygen atoms in total. The van der Waals surface area contributed by atoms with E-state index in [1.54, 1.807) is 12.3 Å². The third-order valence-electron chi connectivity index (χ3n) is 2.57. The number of rotatable bonds is 3. The molecule has 1 amide bonds. The number of thiazole rings is 1. The van der Waals surface area contributed by atoms with E-state index in [-0.39, 0.29) is 17.5 Å². The van der Waals surface area contributed by atoms with E-state index in [4.69, 9.17) is 11.2 Å². The van der Waals surface area contributed by atoms with Crippen LogP contribution in [0.15, 0.2) is 5.38 Å². The van der Waals surface area contributed by atoms with Crippen LogP contribution in [-0.2, 0) is 9.53 Å². The second-order valence-corrected chi connectivity index (χ2v) is 4.64. The first-order valence-corrected chi connectivity index (χ1v) is 6.42. The van der Waals surface area contributed by atoms with Gasteiger partial charge in [0.15, 0.2) is 10.8 Å². The number of aromatic nitrogens is 1. The van der Waals surface area contributed by atoms with Crippen molar-refractivity contribution in [2.45, 2.75) is 13.3 Å². The number of hydrogen-bond acceptors (Lipinski definition) is 5. The van der Waals surface area contributed by atoms with E-state index < -0.39 is 5.97 Å². The fraction of sp³-hybridized carbons (Fsp3) is 0.417. The molecule has 1 aromatic heterocycles. The lowest BCUT2D eigenvalue weighted by atomic mass is 10.1. The van der Waals surface area contributed by atoms with Crippen LogP contribution in [0.4, 0.5) is 5.13 Å². The highest BCUT2D eigenvalue weighted by molar-refractivity contribution is 7.14. The lowest BCUT2D eigenvalue weighted by molar-refractivity contribution is -0.117. The Morgan fingerprint density at radius 1 is 1.78 bits per heavy atom. The first-order chi connectivity index (χ1) is 8.65. The number of terminal acetylenes is 1. The largest absolute Gasteiger partial charge is 0.461 e. The number of amides is 1. The molecule has 0 aliphatic carbocycles. The molecule has 0 spiro atoms. The fourth-order valence-corrected chi connectivity index (χ4v) is 2.51. The molecule has 2 rings (SSSR count). The van der Waals surface area contributed by atoms with Gasteiger partial charge < -0.3 is 4.74 Å². The topological polar surface area (TPSA) is 59.5 Å². The smallest absolute Gasteiger partial charge is 0.357 e. The van der Waals surface area contributed by atoms with Gasteiger partial charge in [0.25, 0.3) is 0 Å². The molecular formula is C12H12N2O3S. The molecule has 0 N–H and O–H groups in total. The highest BCUT2D eigenvalue weighted by atomic mass is 32.1. The molecule has 1 saturated heterocycles. The molecule has 2 heterocycles. The molecule has 1 atom stereocenters. The molecule has 6 heteroatoms. The zero-order chi connectivity index (χ0) is 13.1. The van der Waals surface area contributed by atoms with Gasteiger partial charge >= 0.3 is 5.97 Å². The normalized spacial score (nSPS) is 18.8. The molecule has 0 saturated carbocycles. The zero-order valence-electron chi connectivity index (χ0n) is 9.88. The van der Waals surface area contributed by atoms with E-state index in [1.807, 2.05) is 0 Å². The highest BCUT2D eigenvalue weighted by Crippen LogP contribution is 2.27. The van der Waals surface area contributed by atoms with Crippen LogP contribution in [0.25, 0.3) is 0 Å². The number of ether oxygens (including phenoxy) is 1. The van der Waals surface area contributed by atoms with E-state index in [9.17, 15) is 9.59 Å². The second kappa shape index (κ2) is 5.19. The molecule has 0 radical (unpaired) electrons. The van der Waals surface area contributed by atoms with Crippen LogP contribution >= 0.6 is 11.3 Å². The number of anilines is 1. The Balaban J connectivity index is 2.14. The minimum Gasteiger partial charge on any atom is -0.461 e. The quantitative estimate of drug-likeness (QED) is 0.610. The molecule has 1 fully saturated rings. The number of esters is 1. The van der Waals surface area contributed by atoms with Gasteiger partial charge in [-0.1, -0.05) is 0 Å². The Hall–Kier alpha value is -1.87. The van der Waals surface area contributed by atoms with Gasteiger partial charge in [-0.15, -0.1) is 23.7 Å². The number of carbonyl (C=O) groups excluding carboxylic acids is 2. The van der Waals surface area contributed by atoms with Gasteiger partial charge in [0, 0.05) is 24.3 Å². The third-order valence-corrected chi connectivity index (χ3v) is 3.43. The van der Waals surface area contributed by atoms with Crippen LogP contribution in [0.3, 0.4) is 0 Å². The molecule has 94 valence electrons. The Bertz CT molecular complexity index is 518. The van der Waals surface area contributed by atoms with Gasteiger partial charge in [-0.25, -0.2) is 9.78 Å². The summed E-state index contributed by atoms with van der Waals surface area (Å²) < 4.78 is 4.84. The lowest BCUT2D eigenvalue weighted by Crippen LogP contribution is -2.24. The van der Waals surface area contributed by atoms with Gasteiger partial charge in [-0.3, -0.25) is 9.69 Å². The molecule has 0 aromatic carbocycles. The van der Waals surface area contributed by atoms with Crippen LogP contribution in [0.1, 0.15) is 23.8 Å². The summed E-state index contributed by atoms with van der Waals surface area (Å²) >= 11 is 1.24. The molecule has 1 aromatic rings. The summed E-state index contributed by atoms with van der Waals surface area (Å²) in [5.41, 5.74) is 0.230. The van der Waals surface area contributed by atoms with Crippen molar-refractivity contribution in [1.82, 2.24) is 4.98 Å². The van der Waals surface area contributed by atoms with Crippen molar-refractivity contribution >= 4 is 28.3 Å². The molecule has 1 aliphatic heterocycles. The number of hydrogen-bond donors (Lipinski definition) is 0. The average molecular weight is 264 g/mol. The van der Waals surface area contributed by atoms with E-state index in [0.717, 1.165) is 0 Å². The number of carbonyl (C=O) groups is 2. The van der Waals surface area contributed by atoms with Crippen LogP contribution in [0, 0.1) is 18.3 Å². The Labute approximate surface area is 109 Å². The van der Waals surface area contributed by atoms with E-state index >= 15 is 0 Å². The third kappa shape index (κ3) is 2.36. The van der Waals surface area contributed by atoms with Crippen molar-refractivity contribution in [3.05, 3.63) is 11.1 Å². The minimum absolute atomic E-state index is 0.0530. The van der Waals surface area contributed by atoms with Crippen molar-refractivity contribution < 1.29 is 14.3 Å². The van der Waals surface area contributed by atoms with Gasteiger partial charge in [0.2, 0.25) is 5.91 Å². The Kier molecular flexibility index (Phi) is 3.63. The monoisotopic (exact) mass is 264 g/mol. The van der Waals surface area contributed by atoms with Crippen molar-refractivity contribution in [2.75, 3.05) is 18.1 Å². The summed E-state index contributed by atoms with van der Waals surface area (Å²) in [5.74, 6) is 1.97. The van der Waals surface area contributed by atoms with Gasteiger partial charge in [0.1, 0.15) is 0 Å². The minimum atomic E-state index is -0.472. The molecule has 0 bridgehead atoms. The highest BCUT2D eigenvalue weighted by Gasteiger charge is 2.31. The van der Waals surface area contributed by atoms with Crippen LogP contribution in [0.5, 0.6) is 0 Å². The predicted octanol–water partition coefficient (Wildman–Crippen LogP) is 1.31. The summed E-state index contributed by atoms with van der Waals surface area (Å²) in [5, 5.41) is 2.09. The standard InChI is InChI=1S/C12H12N2O3S/c1-3-8-5-10(15)14(6-8)12-13-9(7-18-12)11(16)17-4-2/h1,7-8H,4-6H2,2H3. The summed E-state index contributed by atoms with van der Waals surface area (Å²) in [6.07, 6.45) is 5.65. The molecule has 1 aliphatic rings. The molecular weight excluding hydrogens is 252 g/mol. The zero-order valence-corrected chi connectivity index (χ0v) is 10.7. The summed E-state index contributed by atoms with van der Waals surface area (Å²) in [4.78, 5) is 28.8. The van der Waals surface area contributed by atoms with Crippen LogP contribution < -0.4 is 4.90 Å². The average Bonchev–Trinajstić information content (AvgIpc) is 2.95. The first-order valence-electron chi connectivity index (χ1n) is 5.54. The van der Waals surface area contributed by atoms with Crippen LogP contribution in [0.2, 0.25) is 0 Å². The molecule has 1 unspecified atom stereocenters. The first kappa shape index (κ1) is 12.6. The van der Waals surface area contributed by atoms with Gasteiger partial charge in [-0.05, 0) is 6.92 Å². The second-order valence-electron chi connectivity index (χ2n) is 3.81. The summed E-state index contributed by atoms with van der Waals surface area (Å²) in [7, 11) is 0. The van der Waals surface area contributed by atoms with Gasteiger partial charge in [-0.2, -0.15) is 0 Å². The molecule has 18 heavy (non-hydrogen) atoms. The maximum Gasteiger partial charge on any atom is 0.357 e. The summed E-state index contributed by atoms with van der Waals surface area (Å²) in [6.45, 7) is 2.49. The Morgan fingerprint density at radius 2 is 2.56 bits per heavy atom. The van der Waals surface area contributed by atoms with Gasteiger partial charge in [0.05, 0.1) is 6.61 Å². The van der Waals surface area contributed by atoms with Crippen LogP contribution in [-0.4, -0.2) is 30.0 Å². The lowest BCUT2D eigenvalue weighted by Gasteiger charge is -2.10. The predicted molar refractivity (Wildman–Crippen MR) is 67.4 cm³/mol. The summed E-state index contributed by atoms with van der Waals surface area (Å²) in [6, 6.07) is 0. The van der Waals surface area contributed by atoms with E-state index in [2.05, 4.69) is 10.9 Å². The number of nitrogens with zero attached hydrogens (tertiary/aromatic N) is 2. The van der Waals surface area contributed by atoms with Crippen molar-refractivity contribution in [1.29, 1.82) is 0 Å².